The number of aliphatic carboxylic acids is 1. The average Bonchev–Trinajstić information content (AvgIpc) is 2.16. The molecule has 0 saturated carbocycles. The molecule has 3 nitrogen and oxygen atoms in total. The van der Waals surface area contributed by atoms with Crippen molar-refractivity contribution in [2.75, 3.05) is 6.61 Å². The monoisotopic (exact) mass is 218 g/mol. The van der Waals surface area contributed by atoms with Gasteiger partial charge in [0, 0.05) is 0 Å². The van der Waals surface area contributed by atoms with E-state index in [1.807, 2.05) is 0 Å². The zero-order valence-corrected chi connectivity index (χ0v) is 9.44. The lowest BCUT2D eigenvalue weighted by atomic mass is 10.1. The number of hydrogen-bond donors (Lipinski definition) is 1. The summed E-state index contributed by atoms with van der Waals surface area (Å²) < 4.78 is 4.84. The molecular formula is C10H18O3S. The number of unbranched alkanes of at least 4 members (excludes halogenated alkanes) is 5. The summed E-state index contributed by atoms with van der Waals surface area (Å²) >= 11 is 4.48. The van der Waals surface area contributed by atoms with E-state index in [-0.39, 0.29) is 5.05 Å². The Morgan fingerprint density at radius 1 is 1.21 bits per heavy atom. The van der Waals surface area contributed by atoms with Crippen LogP contribution < -0.4 is 0 Å². The summed E-state index contributed by atoms with van der Waals surface area (Å²) in [6.07, 6.45) is 6.92. The molecule has 0 amide bonds. The van der Waals surface area contributed by atoms with Gasteiger partial charge in [-0.1, -0.05) is 39.0 Å². The number of carbonyl (C=O) groups is 1. The molecule has 0 spiro atoms. The Kier molecular flexibility index (Phi) is 8.53. The van der Waals surface area contributed by atoms with Crippen molar-refractivity contribution in [2.24, 2.45) is 0 Å². The van der Waals surface area contributed by atoms with Crippen LogP contribution in [-0.2, 0) is 9.53 Å². The number of rotatable bonds is 7. The molecule has 0 rings (SSSR count). The van der Waals surface area contributed by atoms with E-state index < -0.39 is 5.97 Å². The van der Waals surface area contributed by atoms with Crippen molar-refractivity contribution in [3.8, 4) is 0 Å². The van der Waals surface area contributed by atoms with E-state index in [0.29, 0.717) is 6.61 Å². The third kappa shape index (κ3) is 7.98. The summed E-state index contributed by atoms with van der Waals surface area (Å²) in [6, 6.07) is 0. The Bertz CT molecular complexity index is 180. The summed E-state index contributed by atoms with van der Waals surface area (Å²) in [4.78, 5) is 10.2. The minimum Gasteiger partial charge on any atom is -0.478 e. The predicted octanol–water partition coefficient (Wildman–Crippen LogP) is 2.78. The van der Waals surface area contributed by atoms with Gasteiger partial charge in [-0.3, -0.25) is 0 Å². The summed E-state index contributed by atoms with van der Waals surface area (Å²) in [5, 5.41) is 8.07. The van der Waals surface area contributed by atoms with E-state index in [4.69, 9.17) is 9.84 Å². The molecule has 0 unspecified atom stereocenters. The van der Waals surface area contributed by atoms with Crippen LogP contribution in [0.2, 0.25) is 0 Å². The molecule has 0 atom stereocenters. The maximum atomic E-state index is 10.2. The first kappa shape index (κ1) is 13.4. The molecule has 0 aromatic heterocycles. The number of hydrogen-bond acceptors (Lipinski definition) is 3. The zero-order chi connectivity index (χ0) is 10.8. The van der Waals surface area contributed by atoms with E-state index in [2.05, 4.69) is 19.1 Å². The van der Waals surface area contributed by atoms with Crippen molar-refractivity contribution in [1.82, 2.24) is 0 Å². The fraction of sp³-hybridized carbons (Fsp3) is 0.800. The number of carboxylic acid groups (broad SMARTS) is 1. The van der Waals surface area contributed by atoms with E-state index in [9.17, 15) is 4.79 Å². The molecule has 0 bridgehead atoms. The molecule has 0 aliphatic carbocycles. The molecule has 0 aromatic carbocycles. The molecule has 0 aromatic rings. The van der Waals surface area contributed by atoms with Crippen molar-refractivity contribution in [3.63, 3.8) is 0 Å². The van der Waals surface area contributed by atoms with Gasteiger partial charge in [-0.2, -0.15) is 0 Å². The van der Waals surface area contributed by atoms with Crippen LogP contribution in [0.25, 0.3) is 0 Å². The topological polar surface area (TPSA) is 46.5 Å². The van der Waals surface area contributed by atoms with Crippen LogP contribution in [0.3, 0.4) is 0 Å². The second kappa shape index (κ2) is 8.94. The molecule has 0 aliphatic heterocycles. The van der Waals surface area contributed by atoms with Gasteiger partial charge in [0.05, 0.1) is 6.61 Å². The molecular weight excluding hydrogens is 200 g/mol. The number of thiocarbonyl (C=S) groups is 1. The second-order valence-corrected chi connectivity index (χ2v) is 3.58. The third-order valence-electron chi connectivity index (χ3n) is 1.91. The van der Waals surface area contributed by atoms with Crippen LogP contribution in [0.4, 0.5) is 0 Å². The second-order valence-electron chi connectivity index (χ2n) is 3.21. The van der Waals surface area contributed by atoms with Crippen LogP contribution in [0.15, 0.2) is 0 Å². The summed E-state index contributed by atoms with van der Waals surface area (Å²) in [5.74, 6) is -1.15. The Balaban J connectivity index is 3.13. The molecule has 0 heterocycles. The van der Waals surface area contributed by atoms with Gasteiger partial charge >= 0.3 is 5.97 Å². The molecule has 14 heavy (non-hydrogen) atoms. The van der Waals surface area contributed by atoms with Crippen molar-refractivity contribution >= 4 is 23.2 Å². The first-order valence-electron chi connectivity index (χ1n) is 5.08. The number of ether oxygens (including phenoxy) is 1. The highest BCUT2D eigenvalue weighted by Crippen LogP contribution is 2.04. The van der Waals surface area contributed by atoms with Gasteiger partial charge in [-0.05, 0) is 18.6 Å². The minimum absolute atomic E-state index is 0.321. The Labute approximate surface area is 90.5 Å². The Morgan fingerprint density at radius 2 is 1.79 bits per heavy atom. The van der Waals surface area contributed by atoms with Crippen LogP contribution >= 0.6 is 12.2 Å². The highest BCUT2D eigenvalue weighted by molar-refractivity contribution is 7.81. The van der Waals surface area contributed by atoms with Gasteiger partial charge in [0.1, 0.15) is 0 Å². The molecule has 82 valence electrons. The molecule has 0 saturated heterocycles. The largest absolute Gasteiger partial charge is 0.478 e. The van der Waals surface area contributed by atoms with Crippen LogP contribution in [0.1, 0.15) is 45.4 Å². The van der Waals surface area contributed by atoms with Gasteiger partial charge in [0.15, 0.2) is 0 Å². The van der Waals surface area contributed by atoms with E-state index in [1.165, 1.54) is 25.7 Å². The Morgan fingerprint density at radius 3 is 2.36 bits per heavy atom. The fourth-order valence-corrected chi connectivity index (χ4v) is 1.19. The molecule has 0 aliphatic rings. The quantitative estimate of drug-likeness (QED) is 0.527. The van der Waals surface area contributed by atoms with Crippen molar-refractivity contribution in [2.45, 2.75) is 45.4 Å². The molecule has 1 N–H and O–H groups in total. The maximum Gasteiger partial charge on any atom is 0.383 e. The predicted molar refractivity (Wildman–Crippen MR) is 59.6 cm³/mol. The zero-order valence-electron chi connectivity index (χ0n) is 8.62. The highest BCUT2D eigenvalue weighted by atomic mass is 32.1. The first-order valence-corrected chi connectivity index (χ1v) is 5.49. The summed E-state index contributed by atoms with van der Waals surface area (Å²) in [6.45, 7) is 2.60. The van der Waals surface area contributed by atoms with Gasteiger partial charge in [-0.15, -0.1) is 0 Å². The van der Waals surface area contributed by atoms with E-state index in [0.717, 1.165) is 12.8 Å². The fourth-order valence-electron chi connectivity index (χ4n) is 1.11. The maximum absolute atomic E-state index is 10.2. The normalized spacial score (nSPS) is 9.79. The third-order valence-corrected chi connectivity index (χ3v) is 2.20. The molecule has 0 radical (unpaired) electrons. The lowest BCUT2D eigenvalue weighted by Gasteiger charge is -2.03. The van der Waals surface area contributed by atoms with Crippen molar-refractivity contribution in [3.05, 3.63) is 0 Å². The van der Waals surface area contributed by atoms with Gasteiger partial charge < -0.3 is 9.84 Å². The summed E-state index contributed by atoms with van der Waals surface area (Å²) in [5.41, 5.74) is 0. The Hall–Kier alpha value is -0.640. The van der Waals surface area contributed by atoms with Crippen molar-refractivity contribution < 1.29 is 14.6 Å². The number of carboxylic acids is 1. The van der Waals surface area contributed by atoms with Gasteiger partial charge in [-0.25, -0.2) is 4.79 Å². The van der Waals surface area contributed by atoms with E-state index >= 15 is 0 Å². The van der Waals surface area contributed by atoms with Crippen molar-refractivity contribution in [1.29, 1.82) is 0 Å². The van der Waals surface area contributed by atoms with Crippen LogP contribution in [0, 0.1) is 0 Å². The van der Waals surface area contributed by atoms with Gasteiger partial charge in [0.25, 0.3) is 5.05 Å². The highest BCUT2D eigenvalue weighted by Gasteiger charge is 2.05. The molecule has 4 heteroatoms. The average molecular weight is 218 g/mol. The smallest absolute Gasteiger partial charge is 0.383 e. The van der Waals surface area contributed by atoms with E-state index in [1.54, 1.807) is 0 Å². The SMILES string of the molecule is CCCCCCCCOC(=S)C(=O)O. The first-order chi connectivity index (χ1) is 6.68. The van der Waals surface area contributed by atoms with Crippen LogP contribution in [-0.4, -0.2) is 22.7 Å². The van der Waals surface area contributed by atoms with Crippen LogP contribution in [0.5, 0.6) is 0 Å². The lowest BCUT2D eigenvalue weighted by Crippen LogP contribution is -2.14. The minimum atomic E-state index is -1.15. The standard InChI is InChI=1S/C10H18O3S/c1-2-3-4-5-6-7-8-13-10(14)9(11)12/h2-8H2,1H3,(H,11,12). The molecule has 0 fully saturated rings. The van der Waals surface area contributed by atoms with Gasteiger partial charge in [0.2, 0.25) is 0 Å². The summed E-state index contributed by atoms with van der Waals surface area (Å²) in [7, 11) is 0. The lowest BCUT2D eigenvalue weighted by molar-refractivity contribution is -0.130.